The topological polar surface area (TPSA) is 42.0 Å². The predicted octanol–water partition coefficient (Wildman–Crippen LogP) is 6.32. The van der Waals surface area contributed by atoms with Crippen LogP contribution in [-0.2, 0) is 4.79 Å². The molecule has 1 amide bonds. The number of thiazole rings is 1. The van der Waals surface area contributed by atoms with Crippen LogP contribution in [0.4, 0.5) is 5.69 Å². The van der Waals surface area contributed by atoms with Crippen molar-refractivity contribution in [3.05, 3.63) is 64.5 Å². The molecule has 0 aliphatic rings. The number of carbonyl (C=O) groups is 1. The molecule has 0 aliphatic carbocycles. The Hall–Kier alpha value is -1.82. The number of amides is 1. The van der Waals surface area contributed by atoms with Crippen LogP contribution in [0.5, 0.6) is 0 Å². The van der Waals surface area contributed by atoms with Gasteiger partial charge in [-0.2, -0.15) is 0 Å². The van der Waals surface area contributed by atoms with Crippen molar-refractivity contribution in [2.45, 2.75) is 24.1 Å². The second kappa shape index (κ2) is 8.71. The van der Waals surface area contributed by atoms with Crippen molar-refractivity contribution in [1.29, 1.82) is 0 Å². The molecule has 1 aromatic heterocycles. The number of carbonyl (C=O) groups excluding carboxylic acids is 1. The van der Waals surface area contributed by atoms with Crippen molar-refractivity contribution in [3.63, 3.8) is 0 Å². The molecule has 3 nitrogen and oxygen atoms in total. The Bertz CT molecular complexity index is 874. The molecule has 1 heterocycles. The molecule has 0 saturated heterocycles. The van der Waals surface area contributed by atoms with Crippen molar-refractivity contribution in [3.8, 4) is 11.3 Å². The van der Waals surface area contributed by atoms with E-state index in [1.54, 1.807) is 11.3 Å². The van der Waals surface area contributed by atoms with Crippen LogP contribution in [0.1, 0.15) is 25.3 Å². The number of benzene rings is 2. The van der Waals surface area contributed by atoms with Gasteiger partial charge >= 0.3 is 0 Å². The van der Waals surface area contributed by atoms with Crippen LogP contribution in [0.25, 0.3) is 11.3 Å². The van der Waals surface area contributed by atoms with Gasteiger partial charge in [-0.3, -0.25) is 4.79 Å². The number of halogens is 1. The highest BCUT2D eigenvalue weighted by atomic mass is 35.5. The minimum atomic E-state index is -0.0319. The van der Waals surface area contributed by atoms with Gasteiger partial charge in [-0.05, 0) is 35.7 Å². The van der Waals surface area contributed by atoms with E-state index in [4.69, 9.17) is 11.6 Å². The maximum Gasteiger partial charge on any atom is 0.234 e. The Morgan fingerprint density at radius 3 is 2.50 bits per heavy atom. The molecule has 6 heteroatoms. The van der Waals surface area contributed by atoms with Gasteiger partial charge in [-0.15, -0.1) is 11.3 Å². The zero-order valence-corrected chi connectivity index (χ0v) is 16.9. The van der Waals surface area contributed by atoms with Gasteiger partial charge in [0.25, 0.3) is 0 Å². The Kier molecular flexibility index (Phi) is 6.35. The normalized spacial score (nSPS) is 10.9. The maximum absolute atomic E-state index is 12.1. The first kappa shape index (κ1) is 19.0. The van der Waals surface area contributed by atoms with E-state index in [9.17, 15) is 4.79 Å². The Morgan fingerprint density at radius 2 is 1.85 bits per heavy atom. The summed E-state index contributed by atoms with van der Waals surface area (Å²) in [7, 11) is 0. The van der Waals surface area contributed by atoms with E-state index in [-0.39, 0.29) is 5.91 Å². The number of nitrogens with one attached hydrogen (secondary N) is 1. The largest absolute Gasteiger partial charge is 0.325 e. The molecule has 0 fully saturated rings. The lowest BCUT2D eigenvalue weighted by atomic mass is 10.0. The summed E-state index contributed by atoms with van der Waals surface area (Å²) >= 11 is 8.90. The molecule has 0 unspecified atom stereocenters. The summed E-state index contributed by atoms with van der Waals surface area (Å²) in [6, 6.07) is 15.6. The standard InChI is InChI=1S/C20H19ClN2OS2/c1-13(2)14-5-9-17(10-6-14)22-19(24)12-26-20-23-18(11-25-20)15-3-7-16(21)8-4-15/h3-11,13H,12H2,1-2H3,(H,22,24). The second-order valence-electron chi connectivity index (χ2n) is 6.12. The lowest BCUT2D eigenvalue weighted by Crippen LogP contribution is -2.13. The summed E-state index contributed by atoms with van der Waals surface area (Å²) in [5, 5.41) is 5.62. The van der Waals surface area contributed by atoms with E-state index < -0.39 is 0 Å². The van der Waals surface area contributed by atoms with Gasteiger partial charge in [-0.1, -0.05) is 61.5 Å². The van der Waals surface area contributed by atoms with E-state index in [1.807, 2.05) is 53.9 Å². The molecule has 1 N–H and O–H groups in total. The fraction of sp³-hybridized carbons (Fsp3) is 0.200. The van der Waals surface area contributed by atoms with Gasteiger partial charge < -0.3 is 5.32 Å². The highest BCUT2D eigenvalue weighted by molar-refractivity contribution is 8.01. The van der Waals surface area contributed by atoms with Crippen molar-refractivity contribution < 1.29 is 4.79 Å². The minimum Gasteiger partial charge on any atom is -0.325 e. The lowest BCUT2D eigenvalue weighted by molar-refractivity contribution is -0.113. The van der Waals surface area contributed by atoms with E-state index >= 15 is 0 Å². The van der Waals surface area contributed by atoms with Gasteiger partial charge in [-0.25, -0.2) is 4.98 Å². The molecular weight excluding hydrogens is 384 g/mol. The smallest absolute Gasteiger partial charge is 0.234 e. The summed E-state index contributed by atoms with van der Waals surface area (Å²) in [4.78, 5) is 16.7. The summed E-state index contributed by atoms with van der Waals surface area (Å²) in [6.45, 7) is 4.30. The highest BCUT2D eigenvalue weighted by Crippen LogP contribution is 2.29. The first-order chi connectivity index (χ1) is 12.5. The van der Waals surface area contributed by atoms with Crippen molar-refractivity contribution in [2.75, 3.05) is 11.1 Å². The number of hydrogen-bond donors (Lipinski definition) is 1. The number of anilines is 1. The van der Waals surface area contributed by atoms with Crippen LogP contribution < -0.4 is 5.32 Å². The third-order valence-corrected chi connectivity index (χ3v) is 6.08. The number of hydrogen-bond acceptors (Lipinski definition) is 4. The SMILES string of the molecule is CC(C)c1ccc(NC(=O)CSc2nc(-c3ccc(Cl)cc3)cs2)cc1. The summed E-state index contributed by atoms with van der Waals surface area (Å²) in [5.41, 5.74) is 4.00. The molecule has 0 bridgehead atoms. The molecule has 0 aliphatic heterocycles. The monoisotopic (exact) mass is 402 g/mol. The van der Waals surface area contributed by atoms with Crippen LogP contribution in [0.15, 0.2) is 58.3 Å². The Morgan fingerprint density at radius 1 is 1.15 bits per heavy atom. The van der Waals surface area contributed by atoms with Gasteiger partial charge in [0.2, 0.25) is 5.91 Å². The van der Waals surface area contributed by atoms with E-state index in [0.717, 1.165) is 21.3 Å². The third kappa shape index (κ3) is 5.10. The van der Waals surface area contributed by atoms with Gasteiger partial charge in [0, 0.05) is 21.7 Å². The number of aromatic nitrogens is 1. The van der Waals surface area contributed by atoms with Crippen LogP contribution in [0, 0.1) is 0 Å². The quantitative estimate of drug-likeness (QED) is 0.490. The van der Waals surface area contributed by atoms with Crippen LogP contribution in [0.2, 0.25) is 5.02 Å². The van der Waals surface area contributed by atoms with Crippen LogP contribution in [-0.4, -0.2) is 16.6 Å². The van der Waals surface area contributed by atoms with Gasteiger partial charge in [0.1, 0.15) is 0 Å². The molecule has 0 radical (unpaired) electrons. The molecule has 3 rings (SSSR count). The minimum absolute atomic E-state index is 0.0319. The lowest BCUT2D eigenvalue weighted by Gasteiger charge is -2.08. The second-order valence-corrected chi connectivity index (χ2v) is 8.64. The summed E-state index contributed by atoms with van der Waals surface area (Å²) < 4.78 is 0.875. The molecule has 2 aromatic carbocycles. The summed E-state index contributed by atoms with van der Waals surface area (Å²) in [6.07, 6.45) is 0. The average Bonchev–Trinajstić information content (AvgIpc) is 3.10. The van der Waals surface area contributed by atoms with E-state index in [1.165, 1.54) is 17.3 Å². The van der Waals surface area contributed by atoms with Gasteiger partial charge in [0.15, 0.2) is 4.34 Å². The molecule has 0 spiro atoms. The molecule has 0 saturated carbocycles. The third-order valence-electron chi connectivity index (χ3n) is 3.81. The van der Waals surface area contributed by atoms with Crippen LogP contribution >= 0.6 is 34.7 Å². The first-order valence-corrected chi connectivity index (χ1v) is 10.5. The highest BCUT2D eigenvalue weighted by Gasteiger charge is 2.09. The zero-order valence-electron chi connectivity index (χ0n) is 14.5. The predicted molar refractivity (Wildman–Crippen MR) is 112 cm³/mol. The number of rotatable bonds is 6. The van der Waals surface area contributed by atoms with Crippen molar-refractivity contribution >= 4 is 46.3 Å². The fourth-order valence-electron chi connectivity index (χ4n) is 2.35. The number of thioether (sulfide) groups is 1. The van der Waals surface area contributed by atoms with Gasteiger partial charge in [0.05, 0.1) is 11.4 Å². The fourth-order valence-corrected chi connectivity index (χ4v) is 4.11. The first-order valence-electron chi connectivity index (χ1n) is 8.25. The van der Waals surface area contributed by atoms with Crippen LogP contribution in [0.3, 0.4) is 0 Å². The number of nitrogens with zero attached hydrogens (tertiary/aromatic N) is 1. The zero-order chi connectivity index (χ0) is 18.5. The van der Waals surface area contributed by atoms with Crippen molar-refractivity contribution in [1.82, 2.24) is 4.98 Å². The van der Waals surface area contributed by atoms with Crippen molar-refractivity contribution in [2.24, 2.45) is 0 Å². The maximum atomic E-state index is 12.1. The molecule has 134 valence electrons. The molecule has 0 atom stereocenters. The Balaban J connectivity index is 1.54. The summed E-state index contributed by atoms with van der Waals surface area (Å²) in [5.74, 6) is 0.782. The molecule has 26 heavy (non-hydrogen) atoms. The molecule has 3 aromatic rings. The van der Waals surface area contributed by atoms with E-state index in [2.05, 4.69) is 24.1 Å². The Labute approximate surface area is 166 Å². The van der Waals surface area contributed by atoms with E-state index in [0.29, 0.717) is 16.7 Å². The average molecular weight is 403 g/mol. The molecular formula is C20H19ClN2OS2.